The summed E-state index contributed by atoms with van der Waals surface area (Å²) < 4.78 is 19.3. The van der Waals surface area contributed by atoms with Crippen molar-refractivity contribution in [1.82, 2.24) is 10.2 Å². The number of aromatic hydroxyl groups is 1. The minimum atomic E-state index is -0.424. The second kappa shape index (κ2) is 7.25. The number of halogens is 2. The summed E-state index contributed by atoms with van der Waals surface area (Å²) >= 11 is 3.17. The third-order valence-electron chi connectivity index (χ3n) is 4.68. The molecular weight excluding hydrogens is 351 g/mol. The van der Waals surface area contributed by atoms with Gasteiger partial charge in [0.05, 0.1) is 4.47 Å². The highest BCUT2D eigenvalue weighted by molar-refractivity contribution is 9.10. The molecule has 0 saturated carbocycles. The van der Waals surface area contributed by atoms with E-state index in [9.17, 15) is 9.50 Å². The monoisotopic (exact) mass is 372 g/mol. The van der Waals surface area contributed by atoms with Crippen LogP contribution in [-0.2, 0) is 4.74 Å². The Morgan fingerprint density at radius 1 is 1.27 bits per heavy atom. The van der Waals surface area contributed by atoms with Gasteiger partial charge >= 0.3 is 0 Å². The molecule has 0 spiro atoms. The summed E-state index contributed by atoms with van der Waals surface area (Å²) in [6, 6.07) is 3.29. The normalized spacial score (nSPS) is 22.6. The van der Waals surface area contributed by atoms with Crippen LogP contribution in [0.3, 0.4) is 0 Å². The van der Waals surface area contributed by atoms with Gasteiger partial charge in [-0.2, -0.15) is 0 Å². The summed E-state index contributed by atoms with van der Waals surface area (Å²) in [7, 11) is 0. The zero-order valence-corrected chi connectivity index (χ0v) is 14.1. The van der Waals surface area contributed by atoms with E-state index >= 15 is 0 Å². The van der Waals surface area contributed by atoms with E-state index < -0.39 is 5.82 Å². The number of phenolic OH excluding ortho intramolecular Hbond substituents is 1. The molecule has 2 saturated heterocycles. The van der Waals surface area contributed by atoms with E-state index in [1.807, 2.05) is 0 Å². The van der Waals surface area contributed by atoms with E-state index in [2.05, 4.69) is 26.1 Å². The lowest BCUT2D eigenvalue weighted by atomic mass is 9.85. The number of ether oxygens (including phenoxy) is 1. The van der Waals surface area contributed by atoms with Crippen molar-refractivity contribution in [1.29, 1.82) is 0 Å². The molecule has 3 rings (SSSR count). The van der Waals surface area contributed by atoms with Gasteiger partial charge in [0.1, 0.15) is 11.6 Å². The van der Waals surface area contributed by atoms with Gasteiger partial charge in [-0.15, -0.1) is 0 Å². The van der Waals surface area contributed by atoms with Gasteiger partial charge in [0.25, 0.3) is 0 Å². The summed E-state index contributed by atoms with van der Waals surface area (Å²) in [6.07, 6.45) is 1.95. The number of rotatable bonds is 3. The average Bonchev–Trinajstić information content (AvgIpc) is 2.57. The third kappa shape index (κ3) is 3.30. The van der Waals surface area contributed by atoms with Gasteiger partial charge in [0, 0.05) is 51.0 Å². The highest BCUT2D eigenvalue weighted by Gasteiger charge is 2.33. The lowest BCUT2D eigenvalue weighted by molar-refractivity contribution is 0.0206. The van der Waals surface area contributed by atoms with E-state index in [0.717, 1.165) is 57.8 Å². The molecule has 4 nitrogen and oxygen atoms in total. The number of phenols is 1. The molecule has 0 unspecified atom stereocenters. The molecular formula is C16H22BrFN2O2. The van der Waals surface area contributed by atoms with Crippen molar-refractivity contribution >= 4 is 15.9 Å². The predicted octanol–water partition coefficient (Wildman–Crippen LogP) is 2.67. The summed E-state index contributed by atoms with van der Waals surface area (Å²) in [5, 5.41) is 13.8. The fourth-order valence-electron chi connectivity index (χ4n) is 3.53. The van der Waals surface area contributed by atoms with Gasteiger partial charge in [-0.1, -0.05) is 6.07 Å². The van der Waals surface area contributed by atoms with Crippen LogP contribution >= 0.6 is 15.9 Å². The summed E-state index contributed by atoms with van der Waals surface area (Å²) in [6.45, 7) is 5.30. The van der Waals surface area contributed by atoms with Crippen LogP contribution in [0.5, 0.6) is 5.75 Å². The molecule has 0 radical (unpaired) electrons. The van der Waals surface area contributed by atoms with Crippen molar-refractivity contribution in [2.75, 3.05) is 39.4 Å². The lowest BCUT2D eigenvalue weighted by Crippen LogP contribution is -2.47. The highest BCUT2D eigenvalue weighted by atomic mass is 79.9. The number of nitrogens with one attached hydrogen (secondary N) is 1. The molecule has 2 N–H and O–H groups in total. The largest absolute Gasteiger partial charge is 0.506 e. The Hall–Kier alpha value is -0.690. The van der Waals surface area contributed by atoms with Crippen LogP contribution in [0, 0.1) is 11.7 Å². The molecule has 6 heteroatoms. The Bertz CT molecular complexity index is 499. The Kier molecular flexibility index (Phi) is 5.33. The minimum absolute atomic E-state index is 0.0371. The van der Waals surface area contributed by atoms with Crippen molar-refractivity contribution in [2.45, 2.75) is 18.9 Å². The van der Waals surface area contributed by atoms with E-state index in [4.69, 9.17) is 4.74 Å². The Morgan fingerprint density at radius 2 is 1.95 bits per heavy atom. The smallest absolute Gasteiger partial charge is 0.141 e. The van der Waals surface area contributed by atoms with E-state index in [0.29, 0.717) is 5.92 Å². The fraction of sp³-hybridized carbons (Fsp3) is 0.625. The Morgan fingerprint density at radius 3 is 2.64 bits per heavy atom. The van der Waals surface area contributed by atoms with Crippen molar-refractivity contribution < 1.29 is 14.2 Å². The van der Waals surface area contributed by atoms with Crippen LogP contribution in [0.25, 0.3) is 0 Å². The summed E-state index contributed by atoms with van der Waals surface area (Å²) in [5.41, 5.74) is 0.821. The molecule has 22 heavy (non-hydrogen) atoms. The molecule has 2 aliphatic heterocycles. The molecule has 0 aliphatic carbocycles. The molecule has 2 fully saturated rings. The molecule has 2 aliphatic rings. The standard InChI is InChI=1S/C16H22BrFN2O2/c17-14-13(18)2-1-12(16(14)21)15(11-3-9-22-10-4-11)20-7-5-19-6-8-20/h1-2,11,15,19,21H,3-10H2/t15-/m0/s1. The highest BCUT2D eigenvalue weighted by Crippen LogP contribution is 2.42. The summed E-state index contributed by atoms with van der Waals surface area (Å²) in [4.78, 5) is 2.41. The lowest BCUT2D eigenvalue weighted by Gasteiger charge is -2.41. The Labute approximate surface area is 138 Å². The van der Waals surface area contributed by atoms with Crippen molar-refractivity contribution in [3.63, 3.8) is 0 Å². The molecule has 0 aromatic heterocycles. The zero-order valence-electron chi connectivity index (χ0n) is 12.5. The number of hydrogen-bond donors (Lipinski definition) is 2. The van der Waals surface area contributed by atoms with Gasteiger partial charge in [0.2, 0.25) is 0 Å². The first-order chi connectivity index (χ1) is 10.7. The maximum Gasteiger partial charge on any atom is 0.141 e. The van der Waals surface area contributed by atoms with Gasteiger partial charge in [-0.05, 0) is 40.8 Å². The molecule has 1 aromatic carbocycles. The zero-order chi connectivity index (χ0) is 15.5. The second-order valence-corrected chi connectivity index (χ2v) is 6.77. The number of piperazine rings is 1. The van der Waals surface area contributed by atoms with Gasteiger partial charge in [-0.3, -0.25) is 4.90 Å². The third-order valence-corrected chi connectivity index (χ3v) is 5.43. The van der Waals surface area contributed by atoms with E-state index in [1.165, 1.54) is 6.07 Å². The van der Waals surface area contributed by atoms with Crippen molar-refractivity contribution in [2.24, 2.45) is 5.92 Å². The second-order valence-electron chi connectivity index (χ2n) is 5.98. The van der Waals surface area contributed by atoms with Gasteiger partial charge < -0.3 is 15.2 Å². The van der Waals surface area contributed by atoms with E-state index in [1.54, 1.807) is 6.07 Å². The maximum atomic E-state index is 13.7. The molecule has 2 heterocycles. The van der Waals surface area contributed by atoms with Crippen molar-refractivity contribution in [3.05, 3.63) is 28.0 Å². The quantitative estimate of drug-likeness (QED) is 0.855. The first-order valence-electron chi connectivity index (χ1n) is 7.88. The van der Waals surface area contributed by atoms with Gasteiger partial charge in [-0.25, -0.2) is 4.39 Å². The average molecular weight is 373 g/mol. The van der Waals surface area contributed by atoms with Crippen LogP contribution in [0.4, 0.5) is 4.39 Å². The van der Waals surface area contributed by atoms with Crippen LogP contribution in [-0.4, -0.2) is 49.4 Å². The molecule has 122 valence electrons. The number of hydrogen-bond acceptors (Lipinski definition) is 4. The molecule has 1 atom stereocenters. The van der Waals surface area contributed by atoms with Gasteiger partial charge in [0.15, 0.2) is 0 Å². The molecule has 1 aromatic rings. The first-order valence-corrected chi connectivity index (χ1v) is 8.67. The predicted molar refractivity (Wildman–Crippen MR) is 86.5 cm³/mol. The van der Waals surface area contributed by atoms with Crippen LogP contribution in [0.1, 0.15) is 24.4 Å². The number of benzene rings is 1. The number of nitrogens with zero attached hydrogens (tertiary/aromatic N) is 1. The van der Waals surface area contributed by atoms with Crippen molar-refractivity contribution in [3.8, 4) is 5.75 Å². The van der Waals surface area contributed by atoms with Crippen LogP contribution in [0.15, 0.2) is 16.6 Å². The molecule has 0 bridgehead atoms. The summed E-state index contributed by atoms with van der Waals surface area (Å²) in [5.74, 6) is 0.0393. The molecule has 0 amide bonds. The van der Waals surface area contributed by atoms with E-state index in [-0.39, 0.29) is 16.3 Å². The van der Waals surface area contributed by atoms with Crippen LogP contribution in [0.2, 0.25) is 0 Å². The fourth-order valence-corrected chi connectivity index (χ4v) is 3.90. The maximum absolute atomic E-state index is 13.7. The SMILES string of the molecule is Oc1c([C@H](C2CCOCC2)N2CCNCC2)ccc(F)c1Br. The minimum Gasteiger partial charge on any atom is -0.506 e. The van der Waals surface area contributed by atoms with Crippen LogP contribution < -0.4 is 5.32 Å². The Balaban J connectivity index is 1.94. The topological polar surface area (TPSA) is 44.7 Å². The first kappa shape index (κ1) is 16.2.